The molecule has 0 amide bonds. The Hall–Kier alpha value is -0.940. The minimum Gasteiger partial charge on any atom is -0.367 e. The molecule has 2 unspecified atom stereocenters. The van der Waals surface area contributed by atoms with E-state index in [0.717, 1.165) is 12.8 Å². The molecule has 5 heteroatoms. The van der Waals surface area contributed by atoms with E-state index >= 15 is 0 Å². The molecule has 0 bridgehead atoms. The Bertz CT molecular complexity index is 375. The summed E-state index contributed by atoms with van der Waals surface area (Å²) in [4.78, 5) is 4.57. The van der Waals surface area contributed by atoms with Gasteiger partial charge in [-0.3, -0.25) is 0 Å². The van der Waals surface area contributed by atoms with E-state index in [2.05, 4.69) is 43.2 Å². The predicted molar refractivity (Wildman–Crippen MR) is 75.1 cm³/mol. The van der Waals surface area contributed by atoms with Crippen LogP contribution in [0.15, 0.2) is 4.52 Å². The van der Waals surface area contributed by atoms with Crippen molar-refractivity contribution in [3.8, 4) is 0 Å². The number of rotatable bonds is 8. The lowest BCUT2D eigenvalue weighted by molar-refractivity contribution is -0.0583. The topological polar surface area (TPSA) is 60.2 Å². The van der Waals surface area contributed by atoms with Crippen molar-refractivity contribution in [1.82, 2.24) is 15.5 Å². The lowest BCUT2D eigenvalue weighted by Crippen LogP contribution is -2.30. The van der Waals surface area contributed by atoms with Crippen LogP contribution in [0.2, 0.25) is 0 Å². The van der Waals surface area contributed by atoms with E-state index < -0.39 is 5.60 Å². The molecule has 110 valence electrons. The average Bonchev–Trinajstić information content (AvgIpc) is 2.93. The summed E-state index contributed by atoms with van der Waals surface area (Å²) in [5.74, 6) is 1.52. The summed E-state index contributed by atoms with van der Waals surface area (Å²) in [7, 11) is 1.93. The molecular formula is C14H27N3O2. The number of aromatic nitrogens is 2. The number of likely N-dealkylation sites (N-methyl/N-ethyl adjacent to an activating group) is 1. The van der Waals surface area contributed by atoms with Crippen LogP contribution in [0, 0.1) is 0 Å². The van der Waals surface area contributed by atoms with E-state index in [1.165, 1.54) is 0 Å². The van der Waals surface area contributed by atoms with Crippen molar-refractivity contribution in [3.63, 3.8) is 0 Å². The van der Waals surface area contributed by atoms with Crippen molar-refractivity contribution >= 4 is 0 Å². The fourth-order valence-corrected chi connectivity index (χ4v) is 2.18. The highest BCUT2D eigenvalue weighted by Crippen LogP contribution is 2.32. The number of ether oxygens (including phenoxy) is 1. The number of nitrogens with zero attached hydrogens (tertiary/aromatic N) is 2. The van der Waals surface area contributed by atoms with Crippen LogP contribution in [-0.2, 0) is 10.3 Å². The lowest BCUT2D eigenvalue weighted by Gasteiger charge is -2.27. The van der Waals surface area contributed by atoms with Gasteiger partial charge in [-0.1, -0.05) is 25.9 Å². The molecule has 0 fully saturated rings. The van der Waals surface area contributed by atoms with Gasteiger partial charge in [0.05, 0.1) is 5.92 Å². The molecule has 0 aliphatic rings. The zero-order valence-corrected chi connectivity index (χ0v) is 13.0. The summed E-state index contributed by atoms with van der Waals surface area (Å²) in [5.41, 5.74) is -0.418. The molecule has 1 aromatic heterocycles. The normalized spacial score (nSPS) is 15.5. The van der Waals surface area contributed by atoms with Crippen LogP contribution in [0.25, 0.3) is 0 Å². The summed E-state index contributed by atoms with van der Waals surface area (Å²) in [5, 5.41) is 7.35. The number of hydrogen-bond acceptors (Lipinski definition) is 5. The molecule has 0 aliphatic carbocycles. The van der Waals surface area contributed by atoms with E-state index in [0.29, 0.717) is 18.3 Å². The average molecular weight is 269 g/mol. The first-order valence-corrected chi connectivity index (χ1v) is 7.19. The van der Waals surface area contributed by atoms with Gasteiger partial charge in [-0.25, -0.2) is 0 Å². The van der Waals surface area contributed by atoms with Crippen molar-refractivity contribution < 1.29 is 9.26 Å². The fraction of sp³-hybridized carbons (Fsp3) is 0.857. The van der Waals surface area contributed by atoms with E-state index in [-0.39, 0.29) is 12.0 Å². The Morgan fingerprint density at radius 1 is 1.26 bits per heavy atom. The van der Waals surface area contributed by atoms with Crippen molar-refractivity contribution in [2.75, 3.05) is 13.7 Å². The van der Waals surface area contributed by atoms with Gasteiger partial charge in [-0.2, -0.15) is 4.98 Å². The van der Waals surface area contributed by atoms with Crippen LogP contribution in [0.4, 0.5) is 0 Å². The smallest absolute Gasteiger partial charge is 0.231 e. The molecule has 19 heavy (non-hydrogen) atoms. The molecule has 0 aliphatic heterocycles. The molecule has 1 aromatic rings. The largest absolute Gasteiger partial charge is 0.367 e. The quantitative estimate of drug-likeness (QED) is 0.786. The molecule has 0 saturated heterocycles. The van der Waals surface area contributed by atoms with Gasteiger partial charge >= 0.3 is 0 Å². The molecule has 1 heterocycles. The summed E-state index contributed by atoms with van der Waals surface area (Å²) < 4.78 is 11.3. The van der Waals surface area contributed by atoms with Crippen LogP contribution >= 0.6 is 0 Å². The van der Waals surface area contributed by atoms with Crippen LogP contribution in [0.3, 0.4) is 0 Å². The highest BCUT2D eigenvalue weighted by molar-refractivity contribution is 5.04. The van der Waals surface area contributed by atoms with Gasteiger partial charge in [0.15, 0.2) is 0 Å². The molecule has 1 N–H and O–H groups in total. The second-order valence-corrected chi connectivity index (χ2v) is 4.96. The number of hydrogen-bond donors (Lipinski definition) is 1. The molecule has 2 atom stereocenters. The Balaban J connectivity index is 2.99. The Kier molecular flexibility index (Phi) is 5.94. The maximum Gasteiger partial charge on any atom is 0.231 e. The predicted octanol–water partition coefficient (Wildman–Crippen LogP) is 2.83. The van der Waals surface area contributed by atoms with Gasteiger partial charge in [0.2, 0.25) is 11.7 Å². The van der Waals surface area contributed by atoms with Crippen LogP contribution in [0.1, 0.15) is 65.1 Å². The van der Waals surface area contributed by atoms with Gasteiger partial charge < -0.3 is 14.6 Å². The first-order valence-electron chi connectivity index (χ1n) is 7.19. The van der Waals surface area contributed by atoms with Crippen molar-refractivity contribution in [1.29, 1.82) is 0 Å². The second-order valence-electron chi connectivity index (χ2n) is 4.96. The maximum atomic E-state index is 5.89. The SMILES string of the molecule is CCOC(CC)(CC)c1noc(C(C)C(C)NC)n1. The summed E-state index contributed by atoms with van der Waals surface area (Å²) in [6.07, 6.45) is 1.68. The maximum absolute atomic E-state index is 5.89. The zero-order chi connectivity index (χ0) is 14.5. The van der Waals surface area contributed by atoms with Crippen LogP contribution < -0.4 is 5.32 Å². The van der Waals surface area contributed by atoms with Crippen molar-refractivity contribution in [2.24, 2.45) is 0 Å². The Labute approximate surface area is 116 Å². The standard InChI is InChI=1S/C14H27N3O2/c1-7-14(8-2,18-9-3)13-16-12(19-17-13)10(4)11(5)15-6/h10-11,15H,7-9H2,1-6H3. The van der Waals surface area contributed by atoms with Gasteiger partial charge in [-0.05, 0) is 33.7 Å². The molecule has 0 radical (unpaired) electrons. The van der Waals surface area contributed by atoms with Crippen LogP contribution in [0.5, 0.6) is 0 Å². The second kappa shape index (κ2) is 7.01. The summed E-state index contributed by atoms with van der Waals surface area (Å²) >= 11 is 0. The Morgan fingerprint density at radius 3 is 2.37 bits per heavy atom. The van der Waals surface area contributed by atoms with Crippen molar-refractivity contribution in [2.45, 2.75) is 65.0 Å². The van der Waals surface area contributed by atoms with Gasteiger partial charge in [-0.15, -0.1) is 0 Å². The van der Waals surface area contributed by atoms with Crippen molar-refractivity contribution in [3.05, 3.63) is 11.7 Å². The lowest BCUT2D eigenvalue weighted by atomic mass is 9.96. The highest BCUT2D eigenvalue weighted by atomic mass is 16.5. The van der Waals surface area contributed by atoms with E-state index in [1.54, 1.807) is 0 Å². The molecule has 5 nitrogen and oxygen atoms in total. The first kappa shape index (κ1) is 16.1. The fourth-order valence-electron chi connectivity index (χ4n) is 2.18. The third-order valence-corrected chi connectivity index (χ3v) is 4.01. The van der Waals surface area contributed by atoms with E-state index in [9.17, 15) is 0 Å². The third-order valence-electron chi connectivity index (χ3n) is 4.01. The molecule has 0 saturated carbocycles. The monoisotopic (exact) mass is 269 g/mol. The minimum atomic E-state index is -0.418. The highest BCUT2D eigenvalue weighted by Gasteiger charge is 2.35. The van der Waals surface area contributed by atoms with E-state index in [1.807, 2.05) is 14.0 Å². The molecule has 0 aromatic carbocycles. The third kappa shape index (κ3) is 3.34. The van der Waals surface area contributed by atoms with Gasteiger partial charge in [0.25, 0.3) is 0 Å². The molecule has 1 rings (SSSR count). The van der Waals surface area contributed by atoms with Crippen LogP contribution in [-0.4, -0.2) is 29.8 Å². The van der Waals surface area contributed by atoms with Gasteiger partial charge in [0.1, 0.15) is 5.60 Å². The summed E-state index contributed by atoms with van der Waals surface area (Å²) in [6, 6.07) is 0.290. The summed E-state index contributed by atoms with van der Waals surface area (Å²) in [6.45, 7) is 11.0. The van der Waals surface area contributed by atoms with E-state index in [4.69, 9.17) is 9.26 Å². The zero-order valence-electron chi connectivity index (χ0n) is 13.0. The minimum absolute atomic E-state index is 0.180. The van der Waals surface area contributed by atoms with Gasteiger partial charge in [0, 0.05) is 12.6 Å². The molecule has 0 spiro atoms. The number of nitrogens with one attached hydrogen (secondary N) is 1. The Morgan fingerprint density at radius 2 is 1.89 bits per heavy atom. The first-order chi connectivity index (χ1) is 9.04. The molecular weight excluding hydrogens is 242 g/mol.